The third-order valence-electron chi connectivity index (χ3n) is 4.05. The fraction of sp³-hybridized carbons (Fsp3) is 0.714. The highest BCUT2D eigenvalue weighted by molar-refractivity contribution is 6.29. The molecule has 0 saturated heterocycles. The van der Waals surface area contributed by atoms with Crippen LogP contribution >= 0.6 is 11.6 Å². The maximum Gasteiger partial charge on any atom is 0.135 e. The van der Waals surface area contributed by atoms with E-state index in [2.05, 4.69) is 16.8 Å². The molecule has 0 N–H and O–H groups in total. The summed E-state index contributed by atoms with van der Waals surface area (Å²) >= 11 is 6.13. The number of rotatable bonds is 5. The van der Waals surface area contributed by atoms with Gasteiger partial charge in [-0.1, -0.05) is 18.0 Å². The van der Waals surface area contributed by atoms with Gasteiger partial charge in [0.15, 0.2) is 0 Å². The lowest BCUT2D eigenvalue weighted by atomic mass is 9.85. The van der Waals surface area contributed by atoms with Crippen LogP contribution in [0.1, 0.15) is 50.8 Å². The topological polar surface area (TPSA) is 29.0 Å². The molecule has 0 amide bonds. The summed E-state index contributed by atoms with van der Waals surface area (Å²) < 4.78 is 0. The lowest BCUT2D eigenvalue weighted by Crippen LogP contribution is -2.33. The number of aromatic nitrogens is 2. The quantitative estimate of drug-likeness (QED) is 0.762. The molecule has 2 saturated carbocycles. The number of halogens is 1. The van der Waals surface area contributed by atoms with E-state index in [1.54, 1.807) is 0 Å². The van der Waals surface area contributed by atoms with Crippen LogP contribution in [0.2, 0.25) is 5.15 Å². The second-order valence-electron chi connectivity index (χ2n) is 5.52. The average Bonchev–Trinajstić information content (AvgIpc) is 3.10. The molecule has 4 heteroatoms. The van der Waals surface area contributed by atoms with Gasteiger partial charge in [-0.15, -0.1) is 0 Å². The molecule has 0 spiro atoms. The van der Waals surface area contributed by atoms with Crippen LogP contribution in [-0.2, 0) is 0 Å². The third kappa shape index (κ3) is 2.61. The fourth-order valence-electron chi connectivity index (χ4n) is 2.48. The van der Waals surface area contributed by atoms with E-state index in [4.69, 9.17) is 16.6 Å². The van der Waals surface area contributed by atoms with E-state index in [0.717, 1.165) is 30.6 Å². The van der Waals surface area contributed by atoms with Crippen LogP contribution in [0.25, 0.3) is 0 Å². The molecule has 18 heavy (non-hydrogen) atoms. The monoisotopic (exact) mass is 265 g/mol. The summed E-state index contributed by atoms with van der Waals surface area (Å²) in [6.45, 7) is 4.30. The van der Waals surface area contributed by atoms with Crippen molar-refractivity contribution in [2.75, 3.05) is 18.0 Å². The van der Waals surface area contributed by atoms with Gasteiger partial charge >= 0.3 is 0 Å². The molecule has 0 aliphatic heterocycles. The van der Waals surface area contributed by atoms with Crippen molar-refractivity contribution in [3.8, 4) is 0 Å². The molecule has 0 bridgehead atoms. The standard InChI is InChI=1S/C14H20ClN3/c1-2-18(9-10-4-3-5-10)13-8-12(15)16-14(17-13)11-6-7-11/h8,10-11H,2-7,9H2,1H3. The summed E-state index contributed by atoms with van der Waals surface area (Å²) in [5, 5.41) is 0.592. The Morgan fingerprint density at radius 1 is 1.28 bits per heavy atom. The highest BCUT2D eigenvalue weighted by atomic mass is 35.5. The second-order valence-corrected chi connectivity index (χ2v) is 5.90. The first-order valence-electron chi connectivity index (χ1n) is 7.05. The van der Waals surface area contributed by atoms with Crippen LogP contribution in [0.15, 0.2) is 6.07 Å². The molecular formula is C14H20ClN3. The summed E-state index contributed by atoms with van der Waals surface area (Å²) in [6.07, 6.45) is 6.55. The van der Waals surface area contributed by atoms with E-state index in [1.165, 1.54) is 32.1 Å². The molecule has 3 nitrogen and oxygen atoms in total. The summed E-state index contributed by atoms with van der Waals surface area (Å²) in [5.41, 5.74) is 0. The molecule has 0 radical (unpaired) electrons. The predicted molar refractivity (Wildman–Crippen MR) is 74.2 cm³/mol. The fourth-order valence-corrected chi connectivity index (χ4v) is 2.66. The van der Waals surface area contributed by atoms with Gasteiger partial charge in [0, 0.05) is 25.1 Å². The third-order valence-corrected chi connectivity index (χ3v) is 4.24. The van der Waals surface area contributed by atoms with Gasteiger partial charge in [-0.25, -0.2) is 9.97 Å². The van der Waals surface area contributed by atoms with Gasteiger partial charge in [0.2, 0.25) is 0 Å². The van der Waals surface area contributed by atoms with Gasteiger partial charge < -0.3 is 4.90 Å². The van der Waals surface area contributed by atoms with E-state index >= 15 is 0 Å². The zero-order valence-electron chi connectivity index (χ0n) is 10.9. The van der Waals surface area contributed by atoms with E-state index in [0.29, 0.717) is 11.1 Å². The van der Waals surface area contributed by atoms with Crippen molar-refractivity contribution >= 4 is 17.4 Å². The van der Waals surface area contributed by atoms with E-state index in [9.17, 15) is 0 Å². The first-order chi connectivity index (χ1) is 8.76. The lowest BCUT2D eigenvalue weighted by molar-refractivity contribution is 0.318. The van der Waals surface area contributed by atoms with Crippen molar-refractivity contribution in [2.45, 2.75) is 44.9 Å². The predicted octanol–water partition coefficient (Wildman–Crippen LogP) is 3.63. The van der Waals surface area contributed by atoms with Gasteiger partial charge in [0.25, 0.3) is 0 Å². The minimum absolute atomic E-state index is 0.560. The average molecular weight is 266 g/mol. The Morgan fingerprint density at radius 2 is 2.06 bits per heavy atom. The highest BCUT2D eigenvalue weighted by Gasteiger charge is 2.28. The zero-order valence-corrected chi connectivity index (χ0v) is 11.7. The Labute approximate surface area is 114 Å². The number of hydrogen-bond donors (Lipinski definition) is 0. The maximum atomic E-state index is 6.13. The molecule has 0 aromatic carbocycles. The molecule has 98 valence electrons. The van der Waals surface area contributed by atoms with Crippen LogP contribution in [0, 0.1) is 5.92 Å². The van der Waals surface area contributed by atoms with Gasteiger partial charge in [-0.3, -0.25) is 0 Å². The summed E-state index contributed by atoms with van der Waals surface area (Å²) in [5.74, 6) is 3.38. The van der Waals surface area contributed by atoms with Crippen molar-refractivity contribution < 1.29 is 0 Å². The Balaban J connectivity index is 1.78. The van der Waals surface area contributed by atoms with Crippen LogP contribution in [0.3, 0.4) is 0 Å². The van der Waals surface area contributed by atoms with Crippen molar-refractivity contribution in [2.24, 2.45) is 5.92 Å². The molecule has 1 heterocycles. The number of nitrogens with zero attached hydrogens (tertiary/aromatic N) is 3. The first-order valence-corrected chi connectivity index (χ1v) is 7.43. The van der Waals surface area contributed by atoms with E-state index in [-0.39, 0.29) is 0 Å². The van der Waals surface area contributed by atoms with E-state index in [1.807, 2.05) is 6.07 Å². The largest absolute Gasteiger partial charge is 0.356 e. The summed E-state index contributed by atoms with van der Waals surface area (Å²) in [7, 11) is 0. The smallest absolute Gasteiger partial charge is 0.135 e. The van der Waals surface area contributed by atoms with Gasteiger partial charge in [0.05, 0.1) is 0 Å². The van der Waals surface area contributed by atoms with Crippen molar-refractivity contribution in [3.05, 3.63) is 17.0 Å². The maximum absolute atomic E-state index is 6.13. The summed E-state index contributed by atoms with van der Waals surface area (Å²) in [6, 6.07) is 1.91. The number of anilines is 1. The molecule has 0 atom stereocenters. The van der Waals surface area contributed by atoms with Gasteiger partial charge in [-0.2, -0.15) is 0 Å². The van der Waals surface area contributed by atoms with Gasteiger partial charge in [-0.05, 0) is 38.5 Å². The summed E-state index contributed by atoms with van der Waals surface area (Å²) in [4.78, 5) is 11.4. The Morgan fingerprint density at radius 3 is 2.61 bits per heavy atom. The molecule has 0 unspecified atom stereocenters. The van der Waals surface area contributed by atoms with Gasteiger partial charge in [0.1, 0.15) is 16.8 Å². The Bertz CT molecular complexity index is 427. The molecule has 2 aliphatic carbocycles. The molecular weight excluding hydrogens is 246 g/mol. The molecule has 2 aliphatic rings. The van der Waals surface area contributed by atoms with Crippen LogP contribution < -0.4 is 4.90 Å². The molecule has 2 fully saturated rings. The molecule has 3 rings (SSSR count). The first kappa shape index (κ1) is 12.2. The Hall–Kier alpha value is -0.830. The minimum Gasteiger partial charge on any atom is -0.356 e. The minimum atomic E-state index is 0.560. The van der Waals surface area contributed by atoms with Crippen LogP contribution in [0.4, 0.5) is 5.82 Å². The molecule has 1 aromatic heterocycles. The van der Waals surface area contributed by atoms with Crippen LogP contribution in [-0.4, -0.2) is 23.1 Å². The van der Waals surface area contributed by atoms with Crippen molar-refractivity contribution in [1.29, 1.82) is 0 Å². The normalized spacial score (nSPS) is 19.7. The van der Waals surface area contributed by atoms with E-state index < -0.39 is 0 Å². The van der Waals surface area contributed by atoms with Crippen molar-refractivity contribution in [3.63, 3.8) is 0 Å². The molecule has 1 aromatic rings. The second kappa shape index (κ2) is 5.04. The highest BCUT2D eigenvalue weighted by Crippen LogP contribution is 2.39. The number of hydrogen-bond acceptors (Lipinski definition) is 3. The van der Waals surface area contributed by atoms with Crippen molar-refractivity contribution in [1.82, 2.24) is 9.97 Å². The Kier molecular flexibility index (Phi) is 3.42. The SMILES string of the molecule is CCN(CC1CCC1)c1cc(Cl)nc(C2CC2)n1. The zero-order chi connectivity index (χ0) is 12.5. The van der Waals surface area contributed by atoms with Crippen LogP contribution in [0.5, 0.6) is 0 Å². The lowest BCUT2D eigenvalue weighted by Gasteiger charge is -2.32.